The van der Waals surface area contributed by atoms with Gasteiger partial charge in [0.25, 0.3) is 0 Å². The minimum atomic E-state index is 0.0193. The molecule has 1 aliphatic carbocycles. The Hall–Kier alpha value is -0.410. The number of ether oxygens (including phenoxy) is 2. The van der Waals surface area contributed by atoms with Crippen LogP contribution in [-0.4, -0.2) is 25.3 Å². The molecule has 3 heteroatoms. The summed E-state index contributed by atoms with van der Waals surface area (Å²) < 4.78 is 11.2. The number of carbonyl (C=O) groups excluding carboxylic acids is 1. The predicted molar refractivity (Wildman–Crippen MR) is 65.7 cm³/mol. The van der Waals surface area contributed by atoms with Crippen LogP contribution < -0.4 is 0 Å². The zero-order chi connectivity index (χ0) is 11.9. The van der Waals surface area contributed by atoms with Crippen LogP contribution >= 0.6 is 0 Å². The highest BCUT2D eigenvalue weighted by Crippen LogP contribution is 2.24. The van der Waals surface area contributed by atoms with Crippen molar-refractivity contribution < 1.29 is 14.3 Å². The first-order chi connectivity index (χ1) is 8.36. The van der Waals surface area contributed by atoms with Crippen LogP contribution in [0.5, 0.6) is 0 Å². The SMILES string of the molecule is O=C1CCCCC1CCCOC1CCCCO1. The van der Waals surface area contributed by atoms with Crippen molar-refractivity contribution in [2.75, 3.05) is 13.2 Å². The zero-order valence-corrected chi connectivity index (χ0v) is 10.7. The summed E-state index contributed by atoms with van der Waals surface area (Å²) in [6.07, 6.45) is 9.65. The smallest absolute Gasteiger partial charge is 0.157 e. The first-order valence-corrected chi connectivity index (χ1v) is 7.12. The summed E-state index contributed by atoms with van der Waals surface area (Å²) in [6, 6.07) is 0. The van der Waals surface area contributed by atoms with E-state index in [0.29, 0.717) is 11.7 Å². The summed E-state index contributed by atoms with van der Waals surface area (Å²) in [4.78, 5) is 11.6. The number of rotatable bonds is 5. The maximum Gasteiger partial charge on any atom is 0.157 e. The molecule has 2 atom stereocenters. The Bertz CT molecular complexity index is 234. The fourth-order valence-corrected chi connectivity index (χ4v) is 2.75. The molecule has 0 bridgehead atoms. The van der Waals surface area contributed by atoms with E-state index in [0.717, 1.165) is 58.2 Å². The third-order valence-electron chi connectivity index (χ3n) is 3.82. The molecule has 0 N–H and O–H groups in total. The van der Waals surface area contributed by atoms with Gasteiger partial charge in [0, 0.05) is 25.6 Å². The van der Waals surface area contributed by atoms with Gasteiger partial charge in [-0.05, 0) is 44.9 Å². The van der Waals surface area contributed by atoms with E-state index in [4.69, 9.17) is 9.47 Å². The van der Waals surface area contributed by atoms with E-state index >= 15 is 0 Å². The second-order valence-corrected chi connectivity index (χ2v) is 5.22. The van der Waals surface area contributed by atoms with Crippen molar-refractivity contribution in [2.45, 2.75) is 64.1 Å². The van der Waals surface area contributed by atoms with Crippen molar-refractivity contribution in [2.24, 2.45) is 5.92 Å². The molecule has 1 heterocycles. The van der Waals surface area contributed by atoms with Gasteiger partial charge in [0.2, 0.25) is 0 Å². The van der Waals surface area contributed by atoms with E-state index in [1.165, 1.54) is 12.8 Å². The minimum absolute atomic E-state index is 0.0193. The van der Waals surface area contributed by atoms with Gasteiger partial charge in [-0.2, -0.15) is 0 Å². The van der Waals surface area contributed by atoms with E-state index in [1.54, 1.807) is 0 Å². The summed E-state index contributed by atoms with van der Waals surface area (Å²) in [6.45, 7) is 1.58. The molecular formula is C14H24O3. The number of carbonyl (C=O) groups is 1. The predicted octanol–water partition coefficient (Wildman–Crippen LogP) is 3.07. The summed E-state index contributed by atoms with van der Waals surface area (Å²) >= 11 is 0. The van der Waals surface area contributed by atoms with Crippen molar-refractivity contribution in [1.82, 2.24) is 0 Å². The molecule has 1 saturated heterocycles. The molecular weight excluding hydrogens is 216 g/mol. The Morgan fingerprint density at radius 3 is 2.82 bits per heavy atom. The van der Waals surface area contributed by atoms with Gasteiger partial charge < -0.3 is 9.47 Å². The second-order valence-electron chi connectivity index (χ2n) is 5.22. The van der Waals surface area contributed by atoms with Gasteiger partial charge in [0.15, 0.2) is 6.29 Å². The van der Waals surface area contributed by atoms with Gasteiger partial charge >= 0.3 is 0 Å². The summed E-state index contributed by atoms with van der Waals surface area (Å²) in [5.74, 6) is 0.796. The first-order valence-electron chi connectivity index (χ1n) is 7.12. The van der Waals surface area contributed by atoms with Crippen LogP contribution in [0.4, 0.5) is 0 Å². The van der Waals surface area contributed by atoms with Crippen molar-refractivity contribution in [1.29, 1.82) is 0 Å². The molecule has 2 unspecified atom stereocenters. The van der Waals surface area contributed by atoms with Crippen LogP contribution in [0.1, 0.15) is 57.8 Å². The van der Waals surface area contributed by atoms with Gasteiger partial charge in [-0.3, -0.25) is 4.79 Å². The maximum atomic E-state index is 11.6. The minimum Gasteiger partial charge on any atom is -0.353 e. The molecule has 0 radical (unpaired) electrons. The van der Waals surface area contributed by atoms with Crippen LogP contribution in [0.25, 0.3) is 0 Å². The summed E-state index contributed by atoms with van der Waals surface area (Å²) in [7, 11) is 0. The standard InChI is InChI=1S/C14H24O3/c15-13-8-2-1-6-12(13)7-5-11-17-14-9-3-4-10-16-14/h12,14H,1-11H2. The monoisotopic (exact) mass is 240 g/mol. The van der Waals surface area contributed by atoms with Crippen LogP contribution in [0, 0.1) is 5.92 Å². The number of hydrogen-bond donors (Lipinski definition) is 0. The van der Waals surface area contributed by atoms with Crippen molar-refractivity contribution in [3.8, 4) is 0 Å². The third kappa shape index (κ3) is 4.40. The third-order valence-corrected chi connectivity index (χ3v) is 3.82. The molecule has 0 aromatic heterocycles. The number of Topliss-reactive ketones (excluding diaryl/α,β-unsaturated/α-hetero) is 1. The molecule has 1 saturated carbocycles. The van der Waals surface area contributed by atoms with E-state index in [-0.39, 0.29) is 6.29 Å². The van der Waals surface area contributed by atoms with Crippen LogP contribution in [-0.2, 0) is 14.3 Å². The Labute approximate surface area is 104 Å². The Kier molecular flexibility index (Phi) is 5.46. The molecule has 2 rings (SSSR count). The molecule has 0 amide bonds. The molecule has 0 aromatic rings. The quantitative estimate of drug-likeness (QED) is 0.693. The lowest BCUT2D eigenvalue weighted by Crippen LogP contribution is -2.23. The summed E-state index contributed by atoms with van der Waals surface area (Å²) in [5, 5.41) is 0. The lowest BCUT2D eigenvalue weighted by Gasteiger charge is -2.24. The molecule has 1 aliphatic heterocycles. The van der Waals surface area contributed by atoms with E-state index in [9.17, 15) is 4.79 Å². The van der Waals surface area contributed by atoms with E-state index < -0.39 is 0 Å². The van der Waals surface area contributed by atoms with Crippen LogP contribution in [0.3, 0.4) is 0 Å². The largest absolute Gasteiger partial charge is 0.353 e. The topological polar surface area (TPSA) is 35.5 Å². The van der Waals surface area contributed by atoms with Crippen molar-refractivity contribution in [3.05, 3.63) is 0 Å². The van der Waals surface area contributed by atoms with Crippen molar-refractivity contribution in [3.63, 3.8) is 0 Å². The molecule has 2 aliphatic rings. The van der Waals surface area contributed by atoms with Gasteiger partial charge in [0.05, 0.1) is 0 Å². The highest BCUT2D eigenvalue weighted by molar-refractivity contribution is 5.81. The highest BCUT2D eigenvalue weighted by atomic mass is 16.7. The van der Waals surface area contributed by atoms with Gasteiger partial charge in [0.1, 0.15) is 5.78 Å². The van der Waals surface area contributed by atoms with Crippen LogP contribution in [0.2, 0.25) is 0 Å². The first kappa shape index (κ1) is 13.0. The Morgan fingerprint density at radius 1 is 1.18 bits per heavy atom. The fourth-order valence-electron chi connectivity index (χ4n) is 2.75. The molecule has 17 heavy (non-hydrogen) atoms. The second kappa shape index (κ2) is 7.12. The van der Waals surface area contributed by atoms with E-state index in [2.05, 4.69) is 0 Å². The van der Waals surface area contributed by atoms with Gasteiger partial charge in [-0.1, -0.05) is 6.42 Å². The average Bonchev–Trinajstić information content (AvgIpc) is 2.38. The van der Waals surface area contributed by atoms with Gasteiger partial charge in [-0.25, -0.2) is 0 Å². The average molecular weight is 240 g/mol. The number of hydrogen-bond acceptors (Lipinski definition) is 3. The summed E-state index contributed by atoms with van der Waals surface area (Å²) in [5.41, 5.74) is 0. The Morgan fingerprint density at radius 2 is 2.06 bits per heavy atom. The van der Waals surface area contributed by atoms with E-state index in [1.807, 2.05) is 0 Å². The molecule has 98 valence electrons. The maximum absolute atomic E-state index is 11.6. The lowest BCUT2D eigenvalue weighted by atomic mass is 9.85. The normalized spacial score (nSPS) is 30.5. The zero-order valence-electron chi connectivity index (χ0n) is 10.7. The van der Waals surface area contributed by atoms with Crippen LogP contribution in [0.15, 0.2) is 0 Å². The fraction of sp³-hybridized carbons (Fsp3) is 0.929. The molecule has 0 spiro atoms. The van der Waals surface area contributed by atoms with Gasteiger partial charge in [-0.15, -0.1) is 0 Å². The van der Waals surface area contributed by atoms with Crippen molar-refractivity contribution >= 4 is 5.78 Å². The Balaban J connectivity index is 1.54. The lowest BCUT2D eigenvalue weighted by molar-refractivity contribution is -0.163. The molecule has 3 nitrogen and oxygen atoms in total. The highest BCUT2D eigenvalue weighted by Gasteiger charge is 2.21. The number of ketones is 1. The molecule has 2 fully saturated rings. The molecule has 0 aromatic carbocycles.